The smallest absolute Gasteiger partial charge is 0.260 e. The molecule has 0 bridgehead atoms. The van der Waals surface area contributed by atoms with Gasteiger partial charge in [0.15, 0.2) is 5.82 Å². The second kappa shape index (κ2) is 4.97. The van der Waals surface area contributed by atoms with Gasteiger partial charge in [0.05, 0.1) is 18.1 Å². The lowest BCUT2D eigenvalue weighted by molar-refractivity contribution is 0.426. The maximum Gasteiger partial charge on any atom is 0.260 e. The zero-order valence-corrected chi connectivity index (χ0v) is 10.5. The number of nitrogens with zero attached hydrogens (tertiary/aromatic N) is 2. The maximum atomic E-state index is 5.21. The number of nitrogens with one attached hydrogen (secondary N) is 1. The van der Waals surface area contributed by atoms with Crippen LogP contribution in [0.4, 0.5) is 5.69 Å². The largest absolute Gasteiger partial charge is 0.472 e. The van der Waals surface area contributed by atoms with E-state index < -0.39 is 0 Å². The van der Waals surface area contributed by atoms with Gasteiger partial charge in [-0.25, -0.2) is 0 Å². The van der Waals surface area contributed by atoms with Crippen LogP contribution in [0.3, 0.4) is 0 Å². The van der Waals surface area contributed by atoms with E-state index in [2.05, 4.69) is 15.5 Å². The predicted molar refractivity (Wildman–Crippen MR) is 70.5 cm³/mol. The van der Waals surface area contributed by atoms with Crippen molar-refractivity contribution in [2.45, 2.75) is 13.5 Å². The average molecular weight is 255 g/mol. The third kappa shape index (κ3) is 2.49. The van der Waals surface area contributed by atoms with Crippen LogP contribution in [0.25, 0.3) is 11.5 Å². The van der Waals surface area contributed by atoms with Crippen molar-refractivity contribution in [1.29, 1.82) is 0 Å². The Kier molecular flexibility index (Phi) is 3.02. The molecule has 0 amide bonds. The second-order valence-corrected chi connectivity index (χ2v) is 4.18. The van der Waals surface area contributed by atoms with Gasteiger partial charge in [-0.05, 0) is 25.1 Å². The van der Waals surface area contributed by atoms with Crippen LogP contribution in [-0.4, -0.2) is 10.1 Å². The van der Waals surface area contributed by atoms with Crippen LogP contribution < -0.4 is 5.32 Å². The van der Waals surface area contributed by atoms with Gasteiger partial charge in [-0.2, -0.15) is 4.98 Å². The number of anilines is 1. The molecule has 0 radical (unpaired) electrons. The van der Waals surface area contributed by atoms with Crippen LogP contribution in [0.1, 0.15) is 11.4 Å². The Hall–Kier alpha value is -2.56. The Morgan fingerprint density at radius 2 is 2.11 bits per heavy atom. The Balaban J connectivity index is 1.85. The molecular weight excluding hydrogens is 242 g/mol. The van der Waals surface area contributed by atoms with E-state index in [1.165, 1.54) is 0 Å². The lowest BCUT2D eigenvalue weighted by atomic mass is 10.1. The third-order valence-electron chi connectivity index (χ3n) is 2.75. The lowest BCUT2D eigenvalue weighted by Gasteiger charge is -2.08. The molecule has 0 fully saturated rings. The van der Waals surface area contributed by atoms with Crippen LogP contribution >= 0.6 is 0 Å². The zero-order chi connectivity index (χ0) is 13.1. The van der Waals surface area contributed by atoms with Gasteiger partial charge in [-0.1, -0.05) is 17.3 Å². The first kappa shape index (κ1) is 11.5. The molecule has 1 aromatic carbocycles. The number of benzene rings is 1. The molecule has 3 aromatic rings. The van der Waals surface area contributed by atoms with Crippen LogP contribution in [0.5, 0.6) is 0 Å². The summed E-state index contributed by atoms with van der Waals surface area (Å²) in [5, 5.41) is 7.15. The van der Waals surface area contributed by atoms with Gasteiger partial charge in [0, 0.05) is 17.8 Å². The molecule has 96 valence electrons. The van der Waals surface area contributed by atoms with E-state index in [0.717, 1.165) is 16.8 Å². The molecule has 3 rings (SSSR count). The number of furan rings is 1. The van der Waals surface area contributed by atoms with Crippen molar-refractivity contribution in [2.24, 2.45) is 0 Å². The first-order valence-corrected chi connectivity index (χ1v) is 5.97. The van der Waals surface area contributed by atoms with Crippen molar-refractivity contribution >= 4 is 5.69 Å². The summed E-state index contributed by atoms with van der Waals surface area (Å²) in [6.07, 6.45) is 3.37. The topological polar surface area (TPSA) is 64.1 Å². The van der Waals surface area contributed by atoms with E-state index in [9.17, 15) is 0 Å². The number of rotatable bonds is 4. The highest BCUT2D eigenvalue weighted by Gasteiger charge is 2.10. The summed E-state index contributed by atoms with van der Waals surface area (Å²) in [6, 6.07) is 9.76. The molecule has 5 nitrogen and oxygen atoms in total. The highest BCUT2D eigenvalue weighted by molar-refractivity contribution is 5.72. The van der Waals surface area contributed by atoms with E-state index >= 15 is 0 Å². The molecule has 0 aliphatic rings. The molecule has 2 heterocycles. The average Bonchev–Trinajstić information content (AvgIpc) is 3.08. The van der Waals surface area contributed by atoms with Crippen LogP contribution in [0.15, 0.2) is 51.8 Å². The summed E-state index contributed by atoms with van der Waals surface area (Å²) in [4.78, 5) is 4.25. The Labute approximate surface area is 110 Å². The number of hydrogen-bond donors (Lipinski definition) is 1. The van der Waals surface area contributed by atoms with E-state index in [1.54, 1.807) is 19.5 Å². The van der Waals surface area contributed by atoms with E-state index in [1.807, 2.05) is 30.3 Å². The third-order valence-corrected chi connectivity index (χ3v) is 2.75. The zero-order valence-electron chi connectivity index (χ0n) is 10.5. The fourth-order valence-electron chi connectivity index (χ4n) is 1.82. The van der Waals surface area contributed by atoms with E-state index in [-0.39, 0.29) is 0 Å². The van der Waals surface area contributed by atoms with Gasteiger partial charge in [-0.3, -0.25) is 0 Å². The Morgan fingerprint density at radius 3 is 2.84 bits per heavy atom. The molecule has 0 saturated carbocycles. The molecule has 0 atom stereocenters. The summed E-state index contributed by atoms with van der Waals surface area (Å²) >= 11 is 0. The van der Waals surface area contributed by atoms with Crippen molar-refractivity contribution < 1.29 is 8.94 Å². The number of aromatic nitrogens is 2. The van der Waals surface area contributed by atoms with Gasteiger partial charge in [-0.15, -0.1) is 0 Å². The monoisotopic (exact) mass is 255 g/mol. The predicted octanol–water partition coefficient (Wildman–Crippen LogP) is 3.25. The molecule has 2 aromatic heterocycles. The van der Waals surface area contributed by atoms with Gasteiger partial charge in [0.1, 0.15) is 0 Å². The highest BCUT2D eigenvalue weighted by Crippen LogP contribution is 2.26. The summed E-state index contributed by atoms with van der Waals surface area (Å²) in [5.74, 6) is 1.15. The molecular formula is C14H13N3O2. The van der Waals surface area contributed by atoms with Gasteiger partial charge in [0.2, 0.25) is 0 Å². The number of aryl methyl sites for hydroxylation is 1. The standard InChI is InChI=1S/C14H13N3O2/c1-10-16-14(19-17-10)12-4-2-3-5-13(12)15-8-11-6-7-18-9-11/h2-7,9,15H,8H2,1H3. The number of para-hydroxylation sites is 1. The quantitative estimate of drug-likeness (QED) is 0.775. The van der Waals surface area contributed by atoms with Crippen LogP contribution in [0, 0.1) is 6.92 Å². The Morgan fingerprint density at radius 1 is 1.21 bits per heavy atom. The molecule has 0 unspecified atom stereocenters. The maximum absolute atomic E-state index is 5.21. The Bertz CT molecular complexity index is 659. The minimum Gasteiger partial charge on any atom is -0.472 e. The minimum absolute atomic E-state index is 0.521. The summed E-state index contributed by atoms with van der Waals surface area (Å²) in [7, 11) is 0. The summed E-state index contributed by atoms with van der Waals surface area (Å²) in [5.41, 5.74) is 2.93. The number of hydrogen-bond acceptors (Lipinski definition) is 5. The first-order valence-electron chi connectivity index (χ1n) is 5.97. The van der Waals surface area contributed by atoms with Crippen molar-refractivity contribution in [3.63, 3.8) is 0 Å². The van der Waals surface area contributed by atoms with E-state index in [0.29, 0.717) is 18.3 Å². The second-order valence-electron chi connectivity index (χ2n) is 4.18. The molecule has 0 saturated heterocycles. The lowest BCUT2D eigenvalue weighted by Crippen LogP contribution is -1.99. The fraction of sp³-hybridized carbons (Fsp3) is 0.143. The molecule has 0 spiro atoms. The first-order chi connectivity index (χ1) is 9.33. The molecule has 0 aliphatic carbocycles. The van der Waals surface area contributed by atoms with Crippen molar-refractivity contribution in [3.8, 4) is 11.5 Å². The molecule has 5 heteroatoms. The minimum atomic E-state index is 0.521. The fourth-order valence-corrected chi connectivity index (χ4v) is 1.82. The summed E-state index contributed by atoms with van der Waals surface area (Å²) < 4.78 is 10.2. The normalized spacial score (nSPS) is 10.6. The molecule has 0 aliphatic heterocycles. The van der Waals surface area contributed by atoms with E-state index in [4.69, 9.17) is 8.94 Å². The van der Waals surface area contributed by atoms with Crippen molar-refractivity contribution in [3.05, 3.63) is 54.2 Å². The van der Waals surface area contributed by atoms with Crippen molar-refractivity contribution in [1.82, 2.24) is 10.1 Å². The van der Waals surface area contributed by atoms with Gasteiger partial charge < -0.3 is 14.3 Å². The summed E-state index contributed by atoms with van der Waals surface area (Å²) in [6.45, 7) is 2.48. The molecule has 1 N–H and O–H groups in total. The molecule has 19 heavy (non-hydrogen) atoms. The highest BCUT2D eigenvalue weighted by atomic mass is 16.5. The SMILES string of the molecule is Cc1noc(-c2ccccc2NCc2ccoc2)n1. The van der Waals surface area contributed by atoms with Crippen LogP contribution in [-0.2, 0) is 6.54 Å². The van der Waals surface area contributed by atoms with Crippen molar-refractivity contribution in [2.75, 3.05) is 5.32 Å². The van der Waals surface area contributed by atoms with Gasteiger partial charge in [0.25, 0.3) is 5.89 Å². The van der Waals surface area contributed by atoms with Gasteiger partial charge >= 0.3 is 0 Å². The van der Waals surface area contributed by atoms with Crippen LogP contribution in [0.2, 0.25) is 0 Å².